The van der Waals surface area contributed by atoms with Gasteiger partial charge in [-0.3, -0.25) is 5.43 Å². The van der Waals surface area contributed by atoms with E-state index in [0.717, 1.165) is 15.8 Å². The van der Waals surface area contributed by atoms with E-state index in [9.17, 15) is 0 Å². The SMILES string of the molecule is COc1ccc(Br)c(C=NNc2nc(N)cs2)c1. The number of nitrogen functional groups attached to an aromatic ring is 1. The minimum absolute atomic E-state index is 0.486. The number of nitrogens with two attached hydrogens (primary N) is 1. The fourth-order valence-electron chi connectivity index (χ4n) is 1.24. The average molecular weight is 327 g/mol. The molecule has 94 valence electrons. The number of rotatable bonds is 4. The second kappa shape index (κ2) is 5.83. The fourth-order valence-corrected chi connectivity index (χ4v) is 2.14. The van der Waals surface area contributed by atoms with Gasteiger partial charge in [0.15, 0.2) is 0 Å². The summed E-state index contributed by atoms with van der Waals surface area (Å²) in [5, 5.41) is 6.50. The Bertz CT molecular complexity index is 570. The van der Waals surface area contributed by atoms with Crippen LogP contribution in [0.3, 0.4) is 0 Å². The summed E-state index contributed by atoms with van der Waals surface area (Å²) in [6, 6.07) is 5.66. The number of methoxy groups -OCH3 is 1. The zero-order chi connectivity index (χ0) is 13.0. The molecule has 2 aromatic rings. The molecule has 0 radical (unpaired) electrons. The highest BCUT2D eigenvalue weighted by Gasteiger charge is 2.00. The molecule has 0 saturated carbocycles. The molecule has 5 nitrogen and oxygen atoms in total. The second-order valence-corrected chi connectivity index (χ2v) is 5.05. The van der Waals surface area contributed by atoms with Crippen molar-refractivity contribution >= 4 is 44.4 Å². The molecule has 0 bridgehead atoms. The van der Waals surface area contributed by atoms with Gasteiger partial charge in [0.1, 0.15) is 11.6 Å². The quantitative estimate of drug-likeness (QED) is 0.669. The number of aromatic nitrogens is 1. The second-order valence-electron chi connectivity index (χ2n) is 3.33. The van der Waals surface area contributed by atoms with E-state index in [1.54, 1.807) is 18.7 Å². The van der Waals surface area contributed by atoms with E-state index < -0.39 is 0 Å². The zero-order valence-electron chi connectivity index (χ0n) is 9.55. The minimum atomic E-state index is 0.486. The highest BCUT2D eigenvalue weighted by molar-refractivity contribution is 9.10. The lowest BCUT2D eigenvalue weighted by atomic mass is 10.2. The third kappa shape index (κ3) is 3.21. The van der Waals surface area contributed by atoms with E-state index >= 15 is 0 Å². The van der Waals surface area contributed by atoms with E-state index in [2.05, 4.69) is 31.4 Å². The van der Waals surface area contributed by atoms with Crippen LogP contribution in [0.25, 0.3) is 0 Å². The molecule has 1 aromatic heterocycles. The van der Waals surface area contributed by atoms with Gasteiger partial charge in [-0.05, 0) is 18.2 Å². The molecule has 0 aliphatic carbocycles. The predicted molar refractivity (Wildman–Crippen MR) is 78.4 cm³/mol. The van der Waals surface area contributed by atoms with Crippen molar-refractivity contribution in [1.29, 1.82) is 0 Å². The van der Waals surface area contributed by atoms with Gasteiger partial charge in [-0.1, -0.05) is 15.9 Å². The molecule has 0 amide bonds. The third-order valence-corrected chi connectivity index (χ3v) is 3.58. The summed E-state index contributed by atoms with van der Waals surface area (Å²) in [6.45, 7) is 0. The molecule has 7 heteroatoms. The molecule has 0 unspecified atom stereocenters. The van der Waals surface area contributed by atoms with Crippen LogP contribution in [0.2, 0.25) is 0 Å². The molecule has 1 heterocycles. The molecular weight excluding hydrogens is 316 g/mol. The molecule has 2 rings (SSSR count). The smallest absolute Gasteiger partial charge is 0.205 e. The van der Waals surface area contributed by atoms with Crippen LogP contribution in [-0.2, 0) is 0 Å². The van der Waals surface area contributed by atoms with Crippen molar-refractivity contribution in [3.05, 3.63) is 33.6 Å². The predicted octanol–water partition coefficient (Wildman–Crippen LogP) is 2.94. The first-order chi connectivity index (χ1) is 8.69. The highest BCUT2D eigenvalue weighted by atomic mass is 79.9. The average Bonchev–Trinajstić information content (AvgIpc) is 2.77. The summed E-state index contributed by atoms with van der Waals surface area (Å²) >= 11 is 4.84. The zero-order valence-corrected chi connectivity index (χ0v) is 12.0. The van der Waals surface area contributed by atoms with Gasteiger partial charge >= 0.3 is 0 Å². The summed E-state index contributed by atoms with van der Waals surface area (Å²) < 4.78 is 6.09. The Hall–Kier alpha value is -1.60. The maximum atomic E-state index is 5.51. The normalized spacial score (nSPS) is 10.8. The molecule has 0 saturated heterocycles. The van der Waals surface area contributed by atoms with Crippen LogP contribution in [0.4, 0.5) is 10.9 Å². The topological polar surface area (TPSA) is 72.5 Å². The minimum Gasteiger partial charge on any atom is -0.497 e. The van der Waals surface area contributed by atoms with Gasteiger partial charge in [-0.2, -0.15) is 5.10 Å². The number of hydrogen-bond donors (Lipinski definition) is 2. The van der Waals surface area contributed by atoms with Gasteiger partial charge in [0.2, 0.25) is 5.13 Å². The Kier molecular flexibility index (Phi) is 4.16. The van der Waals surface area contributed by atoms with Crippen molar-refractivity contribution < 1.29 is 4.74 Å². The standard InChI is InChI=1S/C11H11BrN4OS/c1-17-8-2-3-9(12)7(4-8)5-14-16-11-15-10(13)6-18-11/h2-6H,13H2,1H3,(H,15,16). The van der Waals surface area contributed by atoms with Crippen molar-refractivity contribution in [3.8, 4) is 5.75 Å². The fraction of sp³-hybridized carbons (Fsp3) is 0.0909. The largest absolute Gasteiger partial charge is 0.497 e. The number of halogens is 1. The molecule has 1 aromatic carbocycles. The van der Waals surface area contributed by atoms with Crippen LogP contribution in [0, 0.1) is 0 Å². The summed E-state index contributed by atoms with van der Waals surface area (Å²) in [6.07, 6.45) is 1.68. The summed E-state index contributed by atoms with van der Waals surface area (Å²) in [5.41, 5.74) is 9.23. The van der Waals surface area contributed by atoms with E-state index in [1.165, 1.54) is 11.3 Å². The molecule has 0 spiro atoms. The molecule has 0 aliphatic heterocycles. The van der Waals surface area contributed by atoms with Crippen LogP contribution in [0.1, 0.15) is 5.56 Å². The van der Waals surface area contributed by atoms with Gasteiger partial charge in [0.05, 0.1) is 13.3 Å². The molecular formula is C11H11BrN4OS. The summed E-state index contributed by atoms with van der Waals surface area (Å²) in [5.74, 6) is 1.26. The highest BCUT2D eigenvalue weighted by Crippen LogP contribution is 2.21. The Morgan fingerprint density at radius 3 is 3.06 bits per heavy atom. The first kappa shape index (κ1) is 12.8. The first-order valence-corrected chi connectivity index (χ1v) is 6.70. The van der Waals surface area contributed by atoms with Crippen molar-refractivity contribution in [2.75, 3.05) is 18.3 Å². The third-order valence-electron chi connectivity index (χ3n) is 2.09. The van der Waals surface area contributed by atoms with Crippen LogP contribution in [-0.4, -0.2) is 18.3 Å². The van der Waals surface area contributed by atoms with Gasteiger partial charge in [0.25, 0.3) is 0 Å². The maximum Gasteiger partial charge on any atom is 0.205 e. The molecule has 0 atom stereocenters. The van der Waals surface area contributed by atoms with Crippen molar-refractivity contribution in [3.63, 3.8) is 0 Å². The number of hydrazone groups is 1. The number of thiazole rings is 1. The monoisotopic (exact) mass is 326 g/mol. The Morgan fingerprint density at radius 1 is 1.56 bits per heavy atom. The summed E-state index contributed by atoms with van der Waals surface area (Å²) in [4.78, 5) is 4.03. The van der Waals surface area contributed by atoms with Crippen LogP contribution in [0.15, 0.2) is 33.2 Å². The Morgan fingerprint density at radius 2 is 2.39 bits per heavy atom. The lowest BCUT2D eigenvalue weighted by Crippen LogP contribution is -1.92. The van der Waals surface area contributed by atoms with Crippen molar-refractivity contribution in [1.82, 2.24) is 4.98 Å². The molecule has 18 heavy (non-hydrogen) atoms. The lowest BCUT2D eigenvalue weighted by molar-refractivity contribution is 0.414. The molecule has 3 N–H and O–H groups in total. The Labute approximate surface area is 117 Å². The van der Waals surface area contributed by atoms with E-state index in [-0.39, 0.29) is 0 Å². The number of nitrogens with one attached hydrogen (secondary N) is 1. The van der Waals surface area contributed by atoms with Gasteiger partial charge in [-0.15, -0.1) is 11.3 Å². The first-order valence-electron chi connectivity index (χ1n) is 5.02. The van der Waals surface area contributed by atoms with E-state index in [4.69, 9.17) is 10.5 Å². The van der Waals surface area contributed by atoms with Crippen molar-refractivity contribution in [2.24, 2.45) is 5.10 Å². The van der Waals surface area contributed by atoms with Gasteiger partial charge in [-0.25, -0.2) is 4.98 Å². The Balaban J connectivity index is 2.08. The van der Waals surface area contributed by atoms with Gasteiger partial charge < -0.3 is 10.5 Å². The number of nitrogens with zero attached hydrogens (tertiary/aromatic N) is 2. The van der Waals surface area contributed by atoms with E-state index in [0.29, 0.717) is 10.9 Å². The number of ether oxygens (including phenoxy) is 1. The number of hydrogen-bond acceptors (Lipinski definition) is 6. The van der Waals surface area contributed by atoms with Crippen LogP contribution < -0.4 is 15.9 Å². The van der Waals surface area contributed by atoms with Crippen LogP contribution >= 0.6 is 27.3 Å². The molecule has 0 aliphatic rings. The van der Waals surface area contributed by atoms with Gasteiger partial charge in [0, 0.05) is 15.4 Å². The molecule has 0 fully saturated rings. The van der Waals surface area contributed by atoms with E-state index in [1.807, 2.05) is 18.2 Å². The lowest BCUT2D eigenvalue weighted by Gasteiger charge is -2.02. The maximum absolute atomic E-state index is 5.51. The number of benzene rings is 1. The van der Waals surface area contributed by atoms with Crippen LogP contribution in [0.5, 0.6) is 5.75 Å². The van der Waals surface area contributed by atoms with Crippen molar-refractivity contribution in [2.45, 2.75) is 0 Å². The number of anilines is 2. The summed E-state index contributed by atoms with van der Waals surface area (Å²) in [7, 11) is 1.63.